The molecular weight excluding hydrogens is 378 g/mol. The molecule has 1 aliphatic heterocycles. The summed E-state index contributed by atoms with van der Waals surface area (Å²) < 4.78 is 11.0. The first-order chi connectivity index (χ1) is 14.4. The predicted octanol–water partition coefficient (Wildman–Crippen LogP) is 4.85. The lowest BCUT2D eigenvalue weighted by atomic mass is 9.76. The van der Waals surface area contributed by atoms with Gasteiger partial charge in [-0.3, -0.25) is 14.5 Å². The number of methoxy groups -OCH3 is 2. The first kappa shape index (κ1) is 20.2. The van der Waals surface area contributed by atoms with E-state index in [9.17, 15) is 9.59 Å². The van der Waals surface area contributed by atoms with Crippen molar-refractivity contribution in [3.63, 3.8) is 0 Å². The normalized spacial score (nSPS) is 19.1. The summed E-state index contributed by atoms with van der Waals surface area (Å²) >= 11 is 0. The Morgan fingerprint density at radius 1 is 0.967 bits per heavy atom. The number of anilines is 1. The molecular formula is C25H27NO4. The van der Waals surface area contributed by atoms with Crippen LogP contribution in [0.2, 0.25) is 0 Å². The van der Waals surface area contributed by atoms with Gasteiger partial charge in [0.2, 0.25) is 5.91 Å². The summed E-state index contributed by atoms with van der Waals surface area (Å²) in [7, 11) is 3.21. The molecule has 5 heteroatoms. The van der Waals surface area contributed by atoms with Crippen molar-refractivity contribution in [1.29, 1.82) is 0 Å². The van der Waals surface area contributed by atoms with Gasteiger partial charge in [-0.05, 0) is 62.1 Å². The third-order valence-electron chi connectivity index (χ3n) is 6.09. The second-order valence-corrected chi connectivity index (χ2v) is 8.02. The largest absolute Gasteiger partial charge is 0.497 e. The van der Waals surface area contributed by atoms with Crippen molar-refractivity contribution in [3.05, 3.63) is 64.4 Å². The molecule has 0 fully saturated rings. The standard InChI is InChI=1S/C25H27NO4/c1-15-8-9-16(2)21(12-15)26-20-6-5-7-22(27)25(20)19(14-24(26)28)18-13-17(29-3)10-11-23(18)30-4/h8-13,19H,5-7,14H2,1-4H3. The molecule has 1 unspecified atom stereocenters. The molecule has 1 aliphatic carbocycles. The van der Waals surface area contributed by atoms with Gasteiger partial charge in [-0.15, -0.1) is 0 Å². The zero-order valence-corrected chi connectivity index (χ0v) is 18.0. The number of allylic oxidation sites excluding steroid dienone is 2. The molecule has 1 heterocycles. The molecule has 2 aliphatic rings. The van der Waals surface area contributed by atoms with Gasteiger partial charge in [0, 0.05) is 35.6 Å². The summed E-state index contributed by atoms with van der Waals surface area (Å²) in [5, 5.41) is 0. The predicted molar refractivity (Wildman–Crippen MR) is 116 cm³/mol. The summed E-state index contributed by atoms with van der Waals surface area (Å²) in [6, 6.07) is 11.6. The van der Waals surface area contributed by atoms with Crippen molar-refractivity contribution < 1.29 is 19.1 Å². The number of rotatable bonds is 4. The van der Waals surface area contributed by atoms with Crippen LogP contribution in [0.4, 0.5) is 5.69 Å². The second kappa shape index (κ2) is 7.98. The van der Waals surface area contributed by atoms with E-state index in [0.29, 0.717) is 24.3 Å². The molecule has 156 valence electrons. The Bertz CT molecular complexity index is 1050. The minimum absolute atomic E-state index is 0.00650. The van der Waals surface area contributed by atoms with Crippen molar-refractivity contribution in [2.45, 2.75) is 45.4 Å². The second-order valence-electron chi connectivity index (χ2n) is 8.02. The molecule has 0 N–H and O–H groups in total. The minimum Gasteiger partial charge on any atom is -0.497 e. The van der Waals surface area contributed by atoms with Gasteiger partial charge in [0.05, 0.1) is 19.9 Å². The molecule has 0 saturated heterocycles. The van der Waals surface area contributed by atoms with Gasteiger partial charge in [0.15, 0.2) is 5.78 Å². The first-order valence-electron chi connectivity index (χ1n) is 10.3. The average Bonchev–Trinajstić information content (AvgIpc) is 2.75. The fourth-order valence-electron chi connectivity index (χ4n) is 4.61. The Labute approximate surface area is 177 Å². The lowest BCUT2D eigenvalue weighted by Crippen LogP contribution is -2.41. The van der Waals surface area contributed by atoms with Crippen molar-refractivity contribution in [1.82, 2.24) is 0 Å². The van der Waals surface area contributed by atoms with Gasteiger partial charge >= 0.3 is 0 Å². The highest BCUT2D eigenvalue weighted by Gasteiger charge is 2.41. The number of ether oxygens (including phenoxy) is 2. The molecule has 0 spiro atoms. The number of aryl methyl sites for hydroxylation is 2. The van der Waals surface area contributed by atoms with Crippen LogP contribution in [0.25, 0.3) is 0 Å². The van der Waals surface area contributed by atoms with Crippen LogP contribution < -0.4 is 14.4 Å². The van der Waals surface area contributed by atoms with Crippen LogP contribution in [-0.4, -0.2) is 25.9 Å². The minimum atomic E-state index is -0.327. The van der Waals surface area contributed by atoms with E-state index in [4.69, 9.17) is 9.47 Å². The van der Waals surface area contributed by atoms with E-state index in [1.165, 1.54) is 0 Å². The molecule has 5 nitrogen and oxygen atoms in total. The maximum Gasteiger partial charge on any atom is 0.232 e. The van der Waals surface area contributed by atoms with E-state index in [1.54, 1.807) is 19.1 Å². The highest BCUT2D eigenvalue weighted by Crippen LogP contribution is 2.46. The number of benzene rings is 2. The number of nitrogens with zero attached hydrogens (tertiary/aromatic N) is 1. The lowest BCUT2D eigenvalue weighted by Gasteiger charge is -2.39. The average molecular weight is 405 g/mol. The Balaban J connectivity index is 1.92. The van der Waals surface area contributed by atoms with E-state index in [2.05, 4.69) is 0 Å². The number of amides is 1. The molecule has 0 bridgehead atoms. The van der Waals surface area contributed by atoms with Gasteiger partial charge in [0.1, 0.15) is 11.5 Å². The van der Waals surface area contributed by atoms with E-state index in [0.717, 1.165) is 40.1 Å². The van der Waals surface area contributed by atoms with Gasteiger partial charge in [0.25, 0.3) is 0 Å². The molecule has 2 aromatic rings. The number of hydrogen-bond donors (Lipinski definition) is 0. The van der Waals surface area contributed by atoms with Gasteiger partial charge in [-0.25, -0.2) is 0 Å². The lowest BCUT2D eigenvalue weighted by molar-refractivity contribution is -0.119. The smallest absolute Gasteiger partial charge is 0.232 e. The van der Waals surface area contributed by atoms with Gasteiger partial charge < -0.3 is 9.47 Å². The Kier molecular flexibility index (Phi) is 5.37. The molecule has 0 saturated carbocycles. The van der Waals surface area contributed by atoms with Crippen LogP contribution in [0.5, 0.6) is 11.5 Å². The summed E-state index contributed by atoms with van der Waals surface area (Å²) in [6.45, 7) is 4.02. The topological polar surface area (TPSA) is 55.8 Å². The molecule has 0 radical (unpaired) electrons. The van der Waals surface area contributed by atoms with Crippen LogP contribution in [0, 0.1) is 13.8 Å². The Morgan fingerprint density at radius 2 is 1.77 bits per heavy atom. The highest BCUT2D eigenvalue weighted by molar-refractivity contribution is 6.08. The molecule has 1 atom stereocenters. The quantitative estimate of drug-likeness (QED) is 0.730. The zero-order valence-electron chi connectivity index (χ0n) is 18.0. The number of carbonyl (C=O) groups is 2. The highest BCUT2D eigenvalue weighted by atomic mass is 16.5. The molecule has 0 aromatic heterocycles. The Hall–Kier alpha value is -3.08. The van der Waals surface area contributed by atoms with E-state index in [-0.39, 0.29) is 24.0 Å². The molecule has 30 heavy (non-hydrogen) atoms. The monoisotopic (exact) mass is 405 g/mol. The van der Waals surface area contributed by atoms with Crippen molar-refractivity contribution in [2.75, 3.05) is 19.1 Å². The first-order valence-corrected chi connectivity index (χ1v) is 10.3. The fraction of sp³-hybridized carbons (Fsp3) is 0.360. The van der Waals surface area contributed by atoms with Crippen LogP contribution in [0.15, 0.2) is 47.7 Å². The maximum atomic E-state index is 13.5. The molecule has 1 amide bonds. The zero-order chi connectivity index (χ0) is 21.4. The van der Waals surface area contributed by atoms with E-state index < -0.39 is 0 Å². The fourth-order valence-corrected chi connectivity index (χ4v) is 4.61. The van der Waals surface area contributed by atoms with E-state index in [1.807, 2.05) is 50.2 Å². The summed E-state index contributed by atoms with van der Waals surface area (Å²) in [4.78, 5) is 28.4. The molecule has 2 aromatic carbocycles. The molecule has 4 rings (SSSR count). The number of hydrogen-bond acceptors (Lipinski definition) is 4. The van der Waals surface area contributed by atoms with Crippen LogP contribution in [0.1, 0.15) is 48.3 Å². The van der Waals surface area contributed by atoms with Crippen LogP contribution in [0.3, 0.4) is 0 Å². The maximum absolute atomic E-state index is 13.5. The third kappa shape index (κ3) is 3.38. The van der Waals surface area contributed by atoms with Crippen LogP contribution >= 0.6 is 0 Å². The summed E-state index contributed by atoms with van der Waals surface area (Å²) in [5.41, 5.74) is 5.40. The summed E-state index contributed by atoms with van der Waals surface area (Å²) in [5.74, 6) is 1.15. The van der Waals surface area contributed by atoms with Gasteiger partial charge in [-0.2, -0.15) is 0 Å². The van der Waals surface area contributed by atoms with Gasteiger partial charge in [-0.1, -0.05) is 12.1 Å². The van der Waals surface area contributed by atoms with Crippen molar-refractivity contribution >= 4 is 17.4 Å². The Morgan fingerprint density at radius 3 is 2.50 bits per heavy atom. The number of ketones is 1. The van der Waals surface area contributed by atoms with Crippen molar-refractivity contribution in [2.24, 2.45) is 0 Å². The van der Waals surface area contributed by atoms with Crippen molar-refractivity contribution in [3.8, 4) is 11.5 Å². The van der Waals surface area contributed by atoms with Crippen LogP contribution in [-0.2, 0) is 9.59 Å². The number of carbonyl (C=O) groups excluding carboxylic acids is 2. The summed E-state index contributed by atoms with van der Waals surface area (Å²) in [6.07, 6.45) is 2.20. The third-order valence-corrected chi connectivity index (χ3v) is 6.09. The SMILES string of the molecule is COc1ccc(OC)c(C2CC(=O)N(c3cc(C)ccc3C)C3=C2C(=O)CCC3)c1. The number of Topliss-reactive ketones (excluding diaryl/α,β-unsaturated/α-hetero) is 1. The van der Waals surface area contributed by atoms with E-state index >= 15 is 0 Å².